The van der Waals surface area contributed by atoms with E-state index in [4.69, 9.17) is 0 Å². The van der Waals surface area contributed by atoms with Crippen LogP contribution in [-0.2, 0) is 4.79 Å². The largest absolute Gasteiger partial charge is 0.480 e. The van der Waals surface area contributed by atoms with Crippen LogP contribution in [0.5, 0.6) is 0 Å². The molecule has 1 heterocycles. The van der Waals surface area contributed by atoms with E-state index < -0.39 is 23.3 Å². The third-order valence-electron chi connectivity index (χ3n) is 2.97. The lowest BCUT2D eigenvalue weighted by Crippen LogP contribution is -2.57. The number of hydrogen-bond acceptors (Lipinski definition) is 4. The summed E-state index contributed by atoms with van der Waals surface area (Å²) in [7, 11) is 0. The Bertz CT molecular complexity index is 622. The van der Waals surface area contributed by atoms with E-state index in [9.17, 15) is 19.5 Å². The Hall–Kier alpha value is -2.69. The number of carbonyl (C=O) groups is 3. The average molecular weight is 272 g/mol. The van der Waals surface area contributed by atoms with E-state index in [1.54, 1.807) is 12.1 Å². The minimum atomic E-state index is -1.66. The van der Waals surface area contributed by atoms with Crippen LogP contribution in [-0.4, -0.2) is 33.4 Å². The lowest BCUT2D eigenvalue weighted by molar-refractivity contribution is -0.143. The summed E-state index contributed by atoms with van der Waals surface area (Å²) in [4.78, 5) is 35.5. The number of carboxylic acids is 1. The SMILES string of the molecule is C=C=CC(C)(NN1C(=O)c2ccccc2C1=O)C(=O)O. The molecule has 1 atom stereocenters. The molecular weight excluding hydrogens is 260 g/mol. The third kappa shape index (κ3) is 2.03. The molecular formula is C14H12N2O4. The number of carbonyl (C=O) groups excluding carboxylic acids is 2. The van der Waals surface area contributed by atoms with Gasteiger partial charge in [0.1, 0.15) is 0 Å². The molecule has 0 fully saturated rings. The van der Waals surface area contributed by atoms with Crippen molar-refractivity contribution in [1.82, 2.24) is 10.4 Å². The highest BCUT2D eigenvalue weighted by Crippen LogP contribution is 2.22. The summed E-state index contributed by atoms with van der Waals surface area (Å²) in [5, 5.41) is 9.90. The molecule has 2 rings (SSSR count). The molecule has 1 aliphatic heterocycles. The van der Waals surface area contributed by atoms with Gasteiger partial charge in [-0.1, -0.05) is 18.7 Å². The summed E-state index contributed by atoms with van der Waals surface area (Å²) in [6, 6.07) is 6.29. The molecule has 2 amide bonds. The molecule has 0 radical (unpaired) electrons. The first-order valence-corrected chi connectivity index (χ1v) is 5.77. The number of hydrazine groups is 1. The summed E-state index contributed by atoms with van der Waals surface area (Å²) >= 11 is 0. The van der Waals surface area contributed by atoms with E-state index in [1.807, 2.05) is 0 Å². The van der Waals surface area contributed by atoms with Crippen LogP contribution >= 0.6 is 0 Å². The van der Waals surface area contributed by atoms with Crippen LogP contribution in [0.15, 0.2) is 42.7 Å². The van der Waals surface area contributed by atoms with Gasteiger partial charge in [0, 0.05) is 0 Å². The standard InChI is InChI=1S/C14H12N2O4/c1-3-8-14(2,13(19)20)15-16-11(17)9-6-4-5-7-10(9)12(16)18/h4-8,15H,1H2,2H3,(H,19,20). The molecule has 0 saturated carbocycles. The van der Waals surface area contributed by atoms with Gasteiger partial charge in [-0.2, -0.15) is 0 Å². The topological polar surface area (TPSA) is 86.7 Å². The number of rotatable bonds is 4. The van der Waals surface area contributed by atoms with Gasteiger partial charge in [-0.05, 0) is 25.1 Å². The van der Waals surface area contributed by atoms with E-state index in [1.165, 1.54) is 19.1 Å². The number of nitrogens with one attached hydrogen (secondary N) is 1. The van der Waals surface area contributed by atoms with Gasteiger partial charge in [0.15, 0.2) is 5.54 Å². The summed E-state index contributed by atoms with van der Waals surface area (Å²) in [6.07, 6.45) is 1.14. The molecule has 0 aromatic heterocycles. The fraction of sp³-hybridized carbons (Fsp3) is 0.143. The van der Waals surface area contributed by atoms with Crippen LogP contribution in [0.2, 0.25) is 0 Å². The van der Waals surface area contributed by atoms with Crippen molar-refractivity contribution in [2.24, 2.45) is 0 Å². The van der Waals surface area contributed by atoms with Crippen molar-refractivity contribution >= 4 is 17.8 Å². The molecule has 0 bridgehead atoms. The summed E-state index contributed by atoms with van der Waals surface area (Å²) in [5.41, 5.74) is 3.58. The average Bonchev–Trinajstić information content (AvgIpc) is 2.65. The Labute approximate surface area is 115 Å². The fourth-order valence-corrected chi connectivity index (χ4v) is 1.87. The van der Waals surface area contributed by atoms with Gasteiger partial charge in [0.25, 0.3) is 11.8 Å². The molecule has 1 aliphatic rings. The quantitative estimate of drug-likeness (QED) is 0.630. The second-order valence-corrected chi connectivity index (χ2v) is 4.46. The highest BCUT2D eigenvalue weighted by Gasteiger charge is 2.41. The van der Waals surface area contributed by atoms with Crippen LogP contribution in [0.3, 0.4) is 0 Å². The zero-order valence-electron chi connectivity index (χ0n) is 10.7. The highest BCUT2D eigenvalue weighted by molar-refractivity contribution is 6.21. The number of nitrogens with zero attached hydrogens (tertiary/aromatic N) is 1. The number of imide groups is 1. The minimum Gasteiger partial charge on any atom is -0.480 e. The van der Waals surface area contributed by atoms with Gasteiger partial charge >= 0.3 is 5.97 Å². The van der Waals surface area contributed by atoms with E-state index >= 15 is 0 Å². The third-order valence-corrected chi connectivity index (χ3v) is 2.97. The Morgan fingerprint density at radius 1 is 1.35 bits per heavy atom. The van der Waals surface area contributed by atoms with Crippen LogP contribution in [0, 0.1) is 0 Å². The lowest BCUT2D eigenvalue weighted by atomic mass is 10.0. The molecule has 0 aliphatic carbocycles. The molecule has 1 aromatic rings. The van der Waals surface area contributed by atoms with Crippen molar-refractivity contribution in [2.75, 3.05) is 0 Å². The smallest absolute Gasteiger partial charge is 0.330 e. The molecule has 102 valence electrons. The molecule has 6 heteroatoms. The first kappa shape index (κ1) is 13.7. The zero-order valence-corrected chi connectivity index (χ0v) is 10.7. The van der Waals surface area contributed by atoms with Crippen LogP contribution in [0.25, 0.3) is 0 Å². The van der Waals surface area contributed by atoms with Gasteiger partial charge < -0.3 is 5.11 Å². The first-order valence-electron chi connectivity index (χ1n) is 5.77. The van der Waals surface area contributed by atoms with Crippen molar-refractivity contribution in [2.45, 2.75) is 12.5 Å². The van der Waals surface area contributed by atoms with Crippen molar-refractivity contribution in [3.63, 3.8) is 0 Å². The Kier molecular flexibility index (Phi) is 3.28. The predicted octanol–water partition coefficient (Wildman–Crippen LogP) is 0.972. The zero-order chi connectivity index (χ0) is 14.9. The number of amides is 2. The summed E-state index contributed by atoms with van der Waals surface area (Å²) in [6.45, 7) is 4.61. The number of benzene rings is 1. The van der Waals surface area contributed by atoms with Gasteiger partial charge in [-0.3, -0.25) is 9.59 Å². The Morgan fingerprint density at radius 2 is 1.85 bits per heavy atom. The fourth-order valence-electron chi connectivity index (χ4n) is 1.87. The molecule has 0 saturated heterocycles. The second kappa shape index (κ2) is 4.77. The maximum Gasteiger partial charge on any atom is 0.330 e. The molecule has 1 aromatic carbocycles. The van der Waals surface area contributed by atoms with Crippen molar-refractivity contribution < 1.29 is 19.5 Å². The van der Waals surface area contributed by atoms with Crippen molar-refractivity contribution in [3.05, 3.63) is 53.8 Å². The highest BCUT2D eigenvalue weighted by atomic mass is 16.4. The van der Waals surface area contributed by atoms with E-state index in [0.29, 0.717) is 5.01 Å². The minimum absolute atomic E-state index is 0.236. The molecule has 6 nitrogen and oxygen atoms in total. The van der Waals surface area contributed by atoms with Gasteiger partial charge in [-0.25, -0.2) is 15.2 Å². The maximum atomic E-state index is 12.1. The van der Waals surface area contributed by atoms with Crippen molar-refractivity contribution in [1.29, 1.82) is 0 Å². The summed E-state index contributed by atoms with van der Waals surface area (Å²) < 4.78 is 0. The van der Waals surface area contributed by atoms with Gasteiger partial charge in [-0.15, -0.1) is 5.73 Å². The van der Waals surface area contributed by atoms with E-state index in [2.05, 4.69) is 17.7 Å². The number of carboxylic acid groups (broad SMARTS) is 1. The van der Waals surface area contributed by atoms with Gasteiger partial charge in [0.05, 0.1) is 11.1 Å². The predicted molar refractivity (Wildman–Crippen MR) is 69.8 cm³/mol. The second-order valence-electron chi connectivity index (χ2n) is 4.46. The van der Waals surface area contributed by atoms with Crippen LogP contribution in [0.1, 0.15) is 27.6 Å². The maximum absolute atomic E-state index is 12.1. The summed E-state index contributed by atoms with van der Waals surface area (Å²) in [5.74, 6) is -2.43. The van der Waals surface area contributed by atoms with Gasteiger partial charge in [0.2, 0.25) is 0 Å². The van der Waals surface area contributed by atoms with Crippen LogP contribution in [0.4, 0.5) is 0 Å². The Morgan fingerprint density at radius 3 is 2.25 bits per heavy atom. The number of hydrogen-bond donors (Lipinski definition) is 2. The first-order chi connectivity index (χ1) is 9.40. The normalized spacial score (nSPS) is 16.4. The Balaban J connectivity index is 2.37. The molecule has 1 unspecified atom stereocenters. The van der Waals surface area contributed by atoms with Crippen molar-refractivity contribution in [3.8, 4) is 0 Å². The van der Waals surface area contributed by atoms with E-state index in [-0.39, 0.29) is 11.1 Å². The molecule has 0 spiro atoms. The molecule has 20 heavy (non-hydrogen) atoms. The number of aliphatic carboxylic acids is 1. The van der Waals surface area contributed by atoms with E-state index in [0.717, 1.165) is 6.08 Å². The lowest BCUT2D eigenvalue weighted by Gasteiger charge is -2.26. The molecule has 2 N–H and O–H groups in total. The van der Waals surface area contributed by atoms with Crippen LogP contribution < -0.4 is 5.43 Å². The monoisotopic (exact) mass is 272 g/mol. The number of fused-ring (bicyclic) bond motifs is 1.